The van der Waals surface area contributed by atoms with Gasteiger partial charge < -0.3 is 19.9 Å². The van der Waals surface area contributed by atoms with Crippen LogP contribution in [0.3, 0.4) is 0 Å². The number of amides is 1. The smallest absolute Gasteiger partial charge is 0.263 e. The number of carbonyl (C=O) groups excluding carboxylic acids is 1. The Morgan fingerprint density at radius 3 is 3.21 bits per heavy atom. The van der Waals surface area contributed by atoms with Crippen molar-refractivity contribution in [1.29, 1.82) is 0 Å². The van der Waals surface area contributed by atoms with Gasteiger partial charge in [0.25, 0.3) is 5.91 Å². The summed E-state index contributed by atoms with van der Waals surface area (Å²) in [6, 6.07) is 4.13. The number of hydrogen-bond acceptors (Lipinski definition) is 5. The summed E-state index contributed by atoms with van der Waals surface area (Å²) in [5, 5.41) is 4.11. The van der Waals surface area contributed by atoms with Crippen LogP contribution in [0.5, 0.6) is 5.75 Å². The number of nitrogens with zero attached hydrogens (tertiary/aromatic N) is 2. The van der Waals surface area contributed by atoms with Gasteiger partial charge in [-0.25, -0.2) is 4.98 Å². The first kappa shape index (κ1) is 13.9. The van der Waals surface area contributed by atoms with Crippen LogP contribution in [0, 0.1) is 0 Å². The number of anilines is 1. The standard InChI is InChI=1S/C17H16N4O2S/c1-9-8-21-6-7-23-13-12(21)15(17(22)20-9)24-14(13)10-2-4-18-16-11(10)3-5-19-16/h2-5,9H,6-8H2,1H3,(H,18,19)(H,20,22)/t9-/m0/s1. The zero-order valence-electron chi connectivity index (χ0n) is 13.1. The molecular weight excluding hydrogens is 324 g/mol. The minimum absolute atomic E-state index is 0.0117. The molecule has 5 rings (SSSR count). The fourth-order valence-electron chi connectivity index (χ4n) is 3.54. The Labute approximate surface area is 142 Å². The maximum absolute atomic E-state index is 12.6. The van der Waals surface area contributed by atoms with E-state index in [0.717, 1.165) is 50.9 Å². The maximum atomic E-state index is 12.6. The summed E-state index contributed by atoms with van der Waals surface area (Å²) in [6.07, 6.45) is 3.67. The van der Waals surface area contributed by atoms with Crippen molar-refractivity contribution >= 4 is 34.0 Å². The first-order valence-electron chi connectivity index (χ1n) is 8.00. The van der Waals surface area contributed by atoms with Crippen LogP contribution < -0.4 is 15.0 Å². The molecule has 2 N–H and O–H groups in total. The number of nitrogens with one attached hydrogen (secondary N) is 2. The molecule has 0 aromatic carbocycles. The Morgan fingerprint density at radius 2 is 2.29 bits per heavy atom. The van der Waals surface area contributed by atoms with Crippen molar-refractivity contribution in [1.82, 2.24) is 15.3 Å². The third kappa shape index (κ3) is 1.88. The van der Waals surface area contributed by atoms with Gasteiger partial charge in [0.15, 0.2) is 5.75 Å². The molecule has 3 aromatic heterocycles. The van der Waals surface area contributed by atoms with E-state index in [0.29, 0.717) is 6.61 Å². The Hall–Kier alpha value is -2.54. The van der Waals surface area contributed by atoms with Crippen LogP contribution in [0.4, 0.5) is 5.69 Å². The third-order valence-corrected chi connectivity index (χ3v) is 5.74. The highest BCUT2D eigenvalue weighted by molar-refractivity contribution is 7.18. The van der Waals surface area contributed by atoms with Crippen LogP contribution in [-0.2, 0) is 0 Å². The lowest BCUT2D eigenvalue weighted by atomic mass is 10.1. The van der Waals surface area contributed by atoms with Crippen LogP contribution in [0.1, 0.15) is 16.6 Å². The highest BCUT2D eigenvalue weighted by Gasteiger charge is 2.35. The van der Waals surface area contributed by atoms with Gasteiger partial charge in [-0.05, 0) is 19.1 Å². The van der Waals surface area contributed by atoms with Gasteiger partial charge in [0.2, 0.25) is 0 Å². The Balaban J connectivity index is 1.77. The Bertz CT molecular complexity index is 961. The lowest BCUT2D eigenvalue weighted by Crippen LogP contribution is -2.41. The largest absolute Gasteiger partial charge is 0.488 e. The molecule has 5 heterocycles. The summed E-state index contributed by atoms with van der Waals surface area (Å²) < 4.78 is 6.02. The predicted molar refractivity (Wildman–Crippen MR) is 94.0 cm³/mol. The van der Waals surface area contributed by atoms with E-state index in [1.807, 2.05) is 25.3 Å². The highest BCUT2D eigenvalue weighted by Crippen LogP contribution is 2.51. The van der Waals surface area contributed by atoms with Crippen LogP contribution >= 0.6 is 11.3 Å². The third-order valence-electron chi connectivity index (χ3n) is 4.55. The average molecular weight is 340 g/mol. The average Bonchev–Trinajstić information content (AvgIpc) is 3.16. The first-order chi connectivity index (χ1) is 11.7. The SMILES string of the molecule is C[C@H]1CN2CCOc3c(-c4ccnc5[nH]ccc45)sc(c32)C(=O)N1. The number of ether oxygens (including phenoxy) is 1. The topological polar surface area (TPSA) is 70.2 Å². The van der Waals surface area contributed by atoms with Gasteiger partial charge in [-0.2, -0.15) is 0 Å². The number of hydrogen-bond donors (Lipinski definition) is 2. The Kier molecular flexibility index (Phi) is 2.87. The maximum Gasteiger partial charge on any atom is 0.263 e. The summed E-state index contributed by atoms with van der Waals surface area (Å²) in [7, 11) is 0. The molecule has 1 amide bonds. The number of aromatic amines is 1. The summed E-state index contributed by atoms with van der Waals surface area (Å²) in [5.74, 6) is 0.821. The van der Waals surface area contributed by atoms with Crippen LogP contribution in [0.2, 0.25) is 0 Å². The van der Waals surface area contributed by atoms with Crippen LogP contribution in [0.25, 0.3) is 21.5 Å². The predicted octanol–water partition coefficient (Wildman–Crippen LogP) is 2.62. The van der Waals surface area contributed by atoms with E-state index in [9.17, 15) is 4.79 Å². The normalized spacial score (nSPS) is 19.6. The molecule has 0 saturated carbocycles. The first-order valence-corrected chi connectivity index (χ1v) is 8.82. The molecular formula is C17H16N4O2S. The lowest BCUT2D eigenvalue weighted by molar-refractivity contribution is 0.0949. The molecule has 2 aliphatic heterocycles. The second kappa shape index (κ2) is 4.98. The minimum Gasteiger partial charge on any atom is -0.488 e. The van der Waals surface area contributed by atoms with Gasteiger partial charge in [-0.1, -0.05) is 0 Å². The molecule has 0 bridgehead atoms. The van der Waals surface area contributed by atoms with Crippen molar-refractivity contribution in [2.75, 3.05) is 24.6 Å². The number of aromatic nitrogens is 2. The van der Waals surface area contributed by atoms with E-state index in [4.69, 9.17) is 4.74 Å². The van der Waals surface area contributed by atoms with Gasteiger partial charge in [-0.15, -0.1) is 11.3 Å². The molecule has 0 aliphatic carbocycles. The Morgan fingerprint density at radius 1 is 1.38 bits per heavy atom. The van der Waals surface area contributed by atoms with E-state index in [-0.39, 0.29) is 11.9 Å². The van der Waals surface area contributed by atoms with Crippen LogP contribution in [0.15, 0.2) is 24.5 Å². The molecule has 1 atom stereocenters. The second-order valence-corrected chi connectivity index (χ2v) is 7.23. The van der Waals surface area contributed by atoms with Gasteiger partial charge in [0.05, 0.1) is 11.4 Å². The number of rotatable bonds is 1. The number of fused-ring (bicyclic) bond motifs is 1. The summed E-state index contributed by atoms with van der Waals surface area (Å²) in [4.78, 5) is 24.1. The van der Waals surface area contributed by atoms with E-state index in [2.05, 4.69) is 20.2 Å². The molecule has 24 heavy (non-hydrogen) atoms. The fraction of sp³-hybridized carbons (Fsp3) is 0.294. The van der Waals surface area contributed by atoms with Crippen molar-refractivity contribution in [3.8, 4) is 16.2 Å². The van der Waals surface area contributed by atoms with Gasteiger partial charge in [0.1, 0.15) is 22.8 Å². The molecule has 0 spiro atoms. The minimum atomic E-state index is -0.0117. The van der Waals surface area contributed by atoms with Gasteiger partial charge >= 0.3 is 0 Å². The summed E-state index contributed by atoms with van der Waals surface area (Å²) in [5.41, 5.74) is 2.84. The monoisotopic (exact) mass is 340 g/mol. The molecule has 3 aromatic rings. The van der Waals surface area contributed by atoms with E-state index < -0.39 is 0 Å². The van der Waals surface area contributed by atoms with Crippen molar-refractivity contribution in [3.63, 3.8) is 0 Å². The van der Waals surface area contributed by atoms with Crippen molar-refractivity contribution in [2.24, 2.45) is 0 Å². The summed E-state index contributed by atoms with van der Waals surface area (Å²) >= 11 is 1.50. The molecule has 0 fully saturated rings. The molecule has 0 radical (unpaired) electrons. The van der Waals surface area contributed by atoms with Crippen molar-refractivity contribution in [2.45, 2.75) is 13.0 Å². The van der Waals surface area contributed by atoms with E-state index >= 15 is 0 Å². The number of carbonyl (C=O) groups is 1. The fourth-order valence-corrected chi connectivity index (χ4v) is 4.75. The van der Waals surface area contributed by atoms with Crippen LogP contribution in [-0.4, -0.2) is 41.6 Å². The molecule has 122 valence electrons. The molecule has 2 aliphatic rings. The molecule has 0 unspecified atom stereocenters. The number of H-pyrrole nitrogens is 1. The van der Waals surface area contributed by atoms with Gasteiger partial charge in [-0.3, -0.25) is 4.79 Å². The quantitative estimate of drug-likeness (QED) is 0.714. The van der Waals surface area contributed by atoms with E-state index in [1.54, 1.807) is 6.20 Å². The highest BCUT2D eigenvalue weighted by atomic mass is 32.1. The molecule has 6 nitrogen and oxygen atoms in total. The summed E-state index contributed by atoms with van der Waals surface area (Å²) in [6.45, 7) is 4.29. The lowest BCUT2D eigenvalue weighted by Gasteiger charge is -2.30. The van der Waals surface area contributed by atoms with Crippen molar-refractivity contribution < 1.29 is 9.53 Å². The zero-order chi connectivity index (χ0) is 16.3. The van der Waals surface area contributed by atoms with Gasteiger partial charge in [0, 0.05) is 35.9 Å². The van der Waals surface area contributed by atoms with Crippen molar-refractivity contribution in [3.05, 3.63) is 29.4 Å². The second-order valence-electron chi connectivity index (χ2n) is 6.21. The number of thiophene rings is 1. The zero-order valence-corrected chi connectivity index (χ0v) is 13.9. The molecule has 7 heteroatoms. The van der Waals surface area contributed by atoms with E-state index in [1.165, 1.54) is 11.3 Å². The number of pyridine rings is 1. The molecule has 0 saturated heterocycles.